The molecule has 2 heterocycles. The van der Waals surface area contributed by atoms with Crippen LogP contribution in [0.15, 0.2) is 97.6 Å². The Hall–Kier alpha value is -4.89. The van der Waals surface area contributed by atoms with E-state index in [-0.39, 0.29) is 5.82 Å². The Morgan fingerprint density at radius 1 is 1.12 bits per heavy atom. The van der Waals surface area contributed by atoms with Crippen molar-refractivity contribution in [2.24, 2.45) is 5.92 Å². The number of hydrogen-bond donors (Lipinski definition) is 3. The smallest absolute Gasteiger partial charge is 0.131 e. The fourth-order valence-corrected chi connectivity index (χ4v) is 4.68. The molecule has 4 rings (SSSR count). The van der Waals surface area contributed by atoms with Gasteiger partial charge in [-0.3, -0.25) is 4.98 Å². The zero-order valence-electron chi connectivity index (χ0n) is 24.3. The molecule has 0 saturated carbocycles. The van der Waals surface area contributed by atoms with Crippen molar-refractivity contribution in [3.63, 3.8) is 0 Å². The van der Waals surface area contributed by atoms with Gasteiger partial charge in [0.15, 0.2) is 0 Å². The summed E-state index contributed by atoms with van der Waals surface area (Å²) in [7, 11) is 1.91. The molecular weight excluding hydrogens is 509 g/mol. The molecule has 0 bridgehead atoms. The van der Waals surface area contributed by atoms with Crippen LogP contribution in [-0.4, -0.2) is 22.0 Å². The van der Waals surface area contributed by atoms with Crippen LogP contribution in [0.5, 0.6) is 0 Å². The van der Waals surface area contributed by atoms with Crippen LogP contribution in [0, 0.1) is 24.6 Å². The summed E-state index contributed by atoms with van der Waals surface area (Å²) in [5.41, 5.74) is 8.73. The molecule has 41 heavy (non-hydrogen) atoms. The van der Waals surface area contributed by atoms with Crippen LogP contribution in [-0.2, 0) is 6.42 Å². The number of aromatic amines is 1. The normalized spacial score (nSPS) is 11.6. The number of terminal acetylenes is 1. The number of allylic oxidation sites excluding steroid dienone is 5. The fourth-order valence-electron chi connectivity index (χ4n) is 4.68. The van der Waals surface area contributed by atoms with Crippen molar-refractivity contribution in [3.8, 4) is 24.0 Å². The van der Waals surface area contributed by atoms with Crippen molar-refractivity contribution in [1.29, 1.82) is 0 Å². The fraction of sp³-hybridized carbons (Fsp3) is 0.200. The summed E-state index contributed by atoms with van der Waals surface area (Å²) >= 11 is 0. The van der Waals surface area contributed by atoms with Gasteiger partial charge >= 0.3 is 0 Å². The predicted octanol–water partition coefficient (Wildman–Crippen LogP) is 8.27. The zero-order valence-corrected chi connectivity index (χ0v) is 24.3. The Labute approximate surface area is 243 Å². The van der Waals surface area contributed by atoms with E-state index in [0.717, 1.165) is 51.5 Å². The number of halogens is 1. The predicted molar refractivity (Wildman–Crippen MR) is 172 cm³/mol. The van der Waals surface area contributed by atoms with Crippen LogP contribution < -0.4 is 10.6 Å². The van der Waals surface area contributed by atoms with Gasteiger partial charge in [0.1, 0.15) is 11.6 Å². The molecule has 0 fully saturated rings. The maximum atomic E-state index is 14.6. The number of benzene rings is 2. The Bertz CT molecular complexity index is 1600. The number of rotatable bonds is 11. The highest BCUT2D eigenvalue weighted by Gasteiger charge is 2.15. The van der Waals surface area contributed by atoms with E-state index in [1.165, 1.54) is 6.07 Å². The van der Waals surface area contributed by atoms with Gasteiger partial charge in [0.25, 0.3) is 0 Å². The zero-order chi connectivity index (χ0) is 29.9. The number of nitrogens with one attached hydrogen (secondary N) is 3. The second-order valence-electron chi connectivity index (χ2n) is 9.92. The summed E-state index contributed by atoms with van der Waals surface area (Å²) in [5, 5.41) is 6.69. The number of nitrogens with zero attached hydrogens (tertiary/aromatic N) is 2. The van der Waals surface area contributed by atoms with Gasteiger partial charge in [-0.2, -0.15) is 0 Å². The number of aromatic nitrogens is 3. The maximum absolute atomic E-state index is 14.6. The van der Waals surface area contributed by atoms with Gasteiger partial charge in [0, 0.05) is 47.9 Å². The molecule has 4 aromatic rings. The molecular formula is C35H38FN5. The van der Waals surface area contributed by atoms with E-state index in [9.17, 15) is 4.39 Å². The van der Waals surface area contributed by atoms with E-state index in [0.29, 0.717) is 29.0 Å². The van der Waals surface area contributed by atoms with Gasteiger partial charge in [-0.25, -0.2) is 9.37 Å². The molecule has 0 unspecified atom stereocenters. The molecule has 6 heteroatoms. The quantitative estimate of drug-likeness (QED) is 0.131. The average Bonchev–Trinajstić information content (AvgIpc) is 3.39. The lowest BCUT2D eigenvalue weighted by Crippen LogP contribution is -2.12. The molecule has 0 saturated heterocycles. The van der Waals surface area contributed by atoms with E-state index < -0.39 is 0 Å². The third kappa shape index (κ3) is 7.61. The number of imidazole rings is 1. The summed E-state index contributed by atoms with van der Waals surface area (Å²) in [4.78, 5) is 12.6. The highest BCUT2D eigenvalue weighted by Crippen LogP contribution is 2.30. The van der Waals surface area contributed by atoms with E-state index in [1.807, 2.05) is 26.1 Å². The van der Waals surface area contributed by atoms with Crippen LogP contribution in [0.2, 0.25) is 0 Å². The highest BCUT2D eigenvalue weighted by molar-refractivity contribution is 5.91. The molecule has 0 radical (unpaired) electrons. The topological polar surface area (TPSA) is 65.6 Å². The lowest BCUT2D eigenvalue weighted by atomic mass is 9.98. The second kappa shape index (κ2) is 14.5. The van der Waals surface area contributed by atoms with Gasteiger partial charge < -0.3 is 15.6 Å². The molecule has 0 aliphatic carbocycles. The Balaban J connectivity index is 0.00000226. The third-order valence-corrected chi connectivity index (χ3v) is 6.49. The largest absolute Gasteiger partial charge is 0.388 e. The van der Waals surface area contributed by atoms with Crippen molar-refractivity contribution >= 4 is 22.3 Å². The first-order chi connectivity index (χ1) is 19.8. The highest BCUT2D eigenvalue weighted by atomic mass is 19.1. The Morgan fingerprint density at radius 2 is 1.88 bits per heavy atom. The molecule has 210 valence electrons. The van der Waals surface area contributed by atoms with Crippen molar-refractivity contribution in [2.75, 3.05) is 12.4 Å². The molecule has 0 aliphatic rings. The molecule has 2 aromatic heterocycles. The van der Waals surface area contributed by atoms with E-state index in [1.54, 1.807) is 24.5 Å². The van der Waals surface area contributed by atoms with Gasteiger partial charge in [-0.1, -0.05) is 57.3 Å². The minimum atomic E-state index is -0.297. The number of anilines is 1. The molecule has 2 aromatic carbocycles. The summed E-state index contributed by atoms with van der Waals surface area (Å²) < 4.78 is 14.6. The Kier molecular flexibility index (Phi) is 10.8. The number of fused-ring (bicyclic) bond motifs is 1. The summed E-state index contributed by atoms with van der Waals surface area (Å²) in [6.45, 7) is 14.5. The van der Waals surface area contributed by atoms with Crippen molar-refractivity contribution < 1.29 is 4.39 Å². The van der Waals surface area contributed by atoms with Crippen LogP contribution >= 0.6 is 0 Å². The molecule has 5 nitrogen and oxygen atoms in total. The average molecular weight is 548 g/mol. The van der Waals surface area contributed by atoms with Crippen molar-refractivity contribution in [3.05, 3.63) is 120 Å². The van der Waals surface area contributed by atoms with Crippen LogP contribution in [0.3, 0.4) is 0 Å². The van der Waals surface area contributed by atoms with E-state index >= 15 is 0 Å². The molecule has 0 atom stereocenters. The SMILES string of the molecule is C#C.C=C/C(=C\C(=C/C)c1ccc(NC)c(Cc2nc3c(-c4ccccc4F)cncc3[nH]2)c1)NC(=C)CC(C)C. The summed E-state index contributed by atoms with van der Waals surface area (Å²) in [5.74, 6) is 1.00. The lowest BCUT2D eigenvalue weighted by molar-refractivity contribution is 0.622. The monoisotopic (exact) mass is 547 g/mol. The minimum absolute atomic E-state index is 0.297. The van der Waals surface area contributed by atoms with Crippen LogP contribution in [0.1, 0.15) is 44.1 Å². The minimum Gasteiger partial charge on any atom is -0.388 e. The third-order valence-electron chi connectivity index (χ3n) is 6.49. The van der Waals surface area contributed by atoms with Crippen molar-refractivity contribution in [1.82, 2.24) is 20.3 Å². The lowest BCUT2D eigenvalue weighted by Gasteiger charge is -2.15. The van der Waals surface area contributed by atoms with E-state index in [4.69, 9.17) is 4.98 Å². The Morgan fingerprint density at radius 3 is 2.54 bits per heavy atom. The number of hydrogen-bond acceptors (Lipinski definition) is 4. The standard InChI is InChI=1S/C33H36FN5.C2H2/c1-7-23(17-26(8-2)37-22(5)15-21(3)4)24-13-14-30(35-6)25(16-24)18-32-38-31-20-36-19-28(33(31)39-32)27-11-9-10-12-29(27)34;1-2/h7-14,16-17,19-21,35,37H,2,5,15,18H2,1,3-4,6H3,(H,38,39);1-2H/b23-7+,26-17+;. The first-order valence-corrected chi connectivity index (χ1v) is 13.5. The van der Waals surface area contributed by atoms with E-state index in [2.05, 4.69) is 90.8 Å². The first kappa shape index (κ1) is 30.6. The second-order valence-corrected chi connectivity index (χ2v) is 9.92. The summed E-state index contributed by atoms with van der Waals surface area (Å²) in [6, 6.07) is 13.0. The summed E-state index contributed by atoms with van der Waals surface area (Å²) in [6.07, 6.45) is 18.8. The van der Waals surface area contributed by atoms with Gasteiger partial charge in [-0.05, 0) is 66.3 Å². The number of H-pyrrole nitrogens is 1. The van der Waals surface area contributed by atoms with Crippen LogP contribution in [0.4, 0.5) is 10.1 Å². The van der Waals surface area contributed by atoms with Gasteiger partial charge in [0.05, 0.1) is 17.2 Å². The van der Waals surface area contributed by atoms with Crippen molar-refractivity contribution in [2.45, 2.75) is 33.6 Å². The van der Waals surface area contributed by atoms with Crippen LogP contribution in [0.25, 0.3) is 27.7 Å². The molecule has 0 amide bonds. The van der Waals surface area contributed by atoms with Gasteiger partial charge in [0.2, 0.25) is 0 Å². The molecule has 0 aliphatic heterocycles. The molecule has 0 spiro atoms. The first-order valence-electron chi connectivity index (χ1n) is 13.5. The molecule has 3 N–H and O–H groups in total. The number of pyridine rings is 1. The van der Waals surface area contributed by atoms with Gasteiger partial charge in [-0.15, -0.1) is 12.8 Å². The maximum Gasteiger partial charge on any atom is 0.131 e.